The van der Waals surface area contributed by atoms with E-state index in [1.165, 1.54) is 33.4 Å². The van der Waals surface area contributed by atoms with Gasteiger partial charge in [-0.15, -0.1) is 0 Å². The van der Waals surface area contributed by atoms with Crippen LogP contribution in [0, 0.1) is 13.8 Å². The fourth-order valence-corrected chi connectivity index (χ4v) is 5.25. The third-order valence-corrected chi connectivity index (χ3v) is 6.95. The van der Waals surface area contributed by atoms with Gasteiger partial charge in [0.15, 0.2) is 0 Å². The number of thiol groups is 2. The molecule has 2 heterocycles. The van der Waals surface area contributed by atoms with Crippen LogP contribution in [-0.4, -0.2) is 47.9 Å². The average molecular weight is 459 g/mol. The predicted octanol–water partition coefficient (Wildman–Crippen LogP) is 4.79. The molecule has 2 aliphatic rings. The highest BCUT2D eigenvalue weighted by Crippen LogP contribution is 2.40. The second kappa shape index (κ2) is 9.26. The van der Waals surface area contributed by atoms with Gasteiger partial charge < -0.3 is 9.47 Å². The molecule has 31 heavy (non-hydrogen) atoms. The summed E-state index contributed by atoms with van der Waals surface area (Å²) in [6.07, 6.45) is 0. The number of hydrogen-bond acceptors (Lipinski definition) is 6. The molecule has 0 saturated carbocycles. The lowest BCUT2D eigenvalue weighted by Gasteiger charge is -2.34. The summed E-state index contributed by atoms with van der Waals surface area (Å²) >= 11 is 8.78. The zero-order valence-electron chi connectivity index (χ0n) is 19.1. The van der Waals surface area contributed by atoms with Gasteiger partial charge >= 0.3 is 0 Å². The number of ether oxygens (including phenoxy) is 2. The van der Waals surface area contributed by atoms with Crippen LogP contribution in [0.15, 0.2) is 24.3 Å². The highest BCUT2D eigenvalue weighted by atomic mass is 32.1. The molecule has 2 aliphatic heterocycles. The van der Waals surface area contributed by atoms with E-state index < -0.39 is 0 Å². The summed E-state index contributed by atoms with van der Waals surface area (Å²) in [6.45, 7) is 13.9. The molecule has 0 aromatic heterocycles. The molecule has 0 fully saturated rings. The van der Waals surface area contributed by atoms with E-state index in [1.54, 1.807) is 0 Å². The molecule has 0 saturated heterocycles. The van der Waals surface area contributed by atoms with Gasteiger partial charge in [-0.05, 0) is 48.2 Å². The summed E-state index contributed by atoms with van der Waals surface area (Å²) in [6, 6.07) is 9.27. The van der Waals surface area contributed by atoms with Crippen molar-refractivity contribution in [3.05, 3.63) is 57.6 Å². The number of nitrogens with zero attached hydrogens (tertiary/aromatic N) is 2. The zero-order chi connectivity index (χ0) is 22.2. The lowest BCUT2D eigenvalue weighted by Crippen LogP contribution is -2.34. The van der Waals surface area contributed by atoms with Crippen molar-refractivity contribution in [2.45, 2.75) is 46.2 Å². The minimum absolute atomic E-state index is 0.128. The van der Waals surface area contributed by atoms with E-state index in [1.807, 2.05) is 0 Å². The minimum Gasteiger partial charge on any atom is -0.478 e. The van der Waals surface area contributed by atoms with Crippen LogP contribution in [0.3, 0.4) is 0 Å². The Morgan fingerprint density at radius 2 is 1.19 bits per heavy atom. The fraction of sp³-hybridized carbons (Fsp3) is 0.520. The van der Waals surface area contributed by atoms with Crippen LogP contribution < -0.4 is 9.47 Å². The van der Waals surface area contributed by atoms with Crippen molar-refractivity contribution in [1.82, 2.24) is 9.80 Å². The third kappa shape index (κ3) is 4.58. The SMILES string of the molecule is Cc1cc(C(C)(C)c2cc(C)c3c(c2)CN(CCS)CO3)cc2c1OCN(CCS)C2. The smallest absolute Gasteiger partial charge is 0.142 e. The molecule has 6 heteroatoms. The Labute approximate surface area is 197 Å². The summed E-state index contributed by atoms with van der Waals surface area (Å²) in [5.41, 5.74) is 7.49. The summed E-state index contributed by atoms with van der Waals surface area (Å²) in [4.78, 5) is 4.62. The molecule has 0 bridgehead atoms. The fourth-order valence-electron chi connectivity index (χ4n) is 4.69. The van der Waals surface area contributed by atoms with Crippen LogP contribution in [0.25, 0.3) is 0 Å². The molecule has 4 rings (SSSR count). The highest BCUT2D eigenvalue weighted by Gasteiger charge is 2.29. The maximum Gasteiger partial charge on any atom is 0.142 e. The van der Waals surface area contributed by atoms with Crippen LogP contribution >= 0.6 is 25.3 Å². The van der Waals surface area contributed by atoms with Crippen molar-refractivity contribution < 1.29 is 9.47 Å². The van der Waals surface area contributed by atoms with E-state index in [4.69, 9.17) is 9.47 Å². The lowest BCUT2D eigenvalue weighted by molar-refractivity contribution is 0.101. The summed E-state index contributed by atoms with van der Waals surface area (Å²) in [5.74, 6) is 3.77. The number of hydrogen-bond donors (Lipinski definition) is 2. The zero-order valence-corrected chi connectivity index (χ0v) is 20.9. The molecular formula is C25H34N2O2S2. The third-order valence-electron chi connectivity index (χ3n) is 6.55. The Morgan fingerprint density at radius 3 is 1.58 bits per heavy atom. The maximum atomic E-state index is 6.08. The van der Waals surface area contributed by atoms with E-state index in [0.29, 0.717) is 13.5 Å². The molecule has 0 spiro atoms. The minimum atomic E-state index is -0.128. The topological polar surface area (TPSA) is 24.9 Å². The first-order chi connectivity index (χ1) is 14.8. The summed E-state index contributed by atoms with van der Waals surface area (Å²) in [5, 5.41) is 0. The molecule has 0 aliphatic carbocycles. The van der Waals surface area contributed by atoms with Gasteiger partial charge in [0.25, 0.3) is 0 Å². The van der Waals surface area contributed by atoms with E-state index in [2.05, 4.69) is 87.0 Å². The van der Waals surface area contributed by atoms with E-state index in [0.717, 1.165) is 49.2 Å². The first-order valence-electron chi connectivity index (χ1n) is 11.0. The summed E-state index contributed by atoms with van der Waals surface area (Å²) in [7, 11) is 0. The van der Waals surface area contributed by atoms with Crippen molar-refractivity contribution in [1.29, 1.82) is 0 Å². The van der Waals surface area contributed by atoms with Crippen molar-refractivity contribution >= 4 is 25.3 Å². The van der Waals surface area contributed by atoms with Crippen molar-refractivity contribution in [2.75, 3.05) is 38.1 Å². The van der Waals surface area contributed by atoms with Crippen LogP contribution in [-0.2, 0) is 18.5 Å². The van der Waals surface area contributed by atoms with Gasteiger partial charge in [-0.3, -0.25) is 9.80 Å². The molecule has 2 aromatic rings. The van der Waals surface area contributed by atoms with Crippen molar-refractivity contribution in [3.8, 4) is 11.5 Å². The van der Waals surface area contributed by atoms with Gasteiger partial charge in [0.05, 0.1) is 0 Å². The van der Waals surface area contributed by atoms with Crippen molar-refractivity contribution in [2.24, 2.45) is 0 Å². The predicted molar refractivity (Wildman–Crippen MR) is 134 cm³/mol. The molecule has 2 aromatic carbocycles. The molecule has 4 nitrogen and oxygen atoms in total. The molecular weight excluding hydrogens is 424 g/mol. The first-order valence-corrected chi connectivity index (χ1v) is 12.3. The lowest BCUT2D eigenvalue weighted by atomic mass is 9.75. The number of rotatable bonds is 6. The van der Waals surface area contributed by atoms with E-state index in [9.17, 15) is 0 Å². The second-order valence-corrected chi connectivity index (χ2v) is 10.2. The van der Waals surface area contributed by atoms with Gasteiger partial charge in [0, 0.05) is 54.2 Å². The van der Waals surface area contributed by atoms with Gasteiger partial charge in [-0.25, -0.2) is 0 Å². The van der Waals surface area contributed by atoms with Crippen molar-refractivity contribution in [3.63, 3.8) is 0 Å². The average Bonchev–Trinajstić information content (AvgIpc) is 2.73. The van der Waals surface area contributed by atoms with Gasteiger partial charge in [0.1, 0.15) is 25.0 Å². The van der Waals surface area contributed by atoms with Gasteiger partial charge in [0.2, 0.25) is 0 Å². The number of benzene rings is 2. The molecule has 0 N–H and O–H groups in total. The monoisotopic (exact) mass is 458 g/mol. The van der Waals surface area contributed by atoms with Crippen LogP contribution in [0.1, 0.15) is 47.2 Å². The molecule has 0 atom stereocenters. The first kappa shape index (κ1) is 22.8. The van der Waals surface area contributed by atoms with E-state index >= 15 is 0 Å². The standard InChI is InChI=1S/C25H34N2O2S2/c1-17-9-21(11-19-13-26(5-7-30)15-28-23(17)19)25(3,4)22-10-18(2)24-20(12-22)14-27(6-8-31)16-29-24/h9-12,30-31H,5-8,13-16H2,1-4H3. The number of fused-ring (bicyclic) bond motifs is 2. The number of aryl methyl sites for hydroxylation is 2. The molecule has 168 valence electrons. The molecule has 0 unspecified atom stereocenters. The van der Waals surface area contributed by atoms with Gasteiger partial charge in [-0.2, -0.15) is 25.3 Å². The van der Waals surface area contributed by atoms with E-state index in [-0.39, 0.29) is 5.41 Å². The second-order valence-electron chi connectivity index (χ2n) is 9.29. The Morgan fingerprint density at radius 1 is 0.774 bits per heavy atom. The Hall–Kier alpha value is -1.34. The van der Waals surface area contributed by atoms with Crippen LogP contribution in [0.4, 0.5) is 0 Å². The van der Waals surface area contributed by atoms with Gasteiger partial charge in [-0.1, -0.05) is 26.0 Å². The Kier molecular flexibility index (Phi) is 6.82. The van der Waals surface area contributed by atoms with Crippen LogP contribution in [0.5, 0.6) is 11.5 Å². The largest absolute Gasteiger partial charge is 0.478 e. The Balaban J connectivity index is 1.69. The normalized spacial score (nSPS) is 17.0. The Bertz CT molecular complexity index is 886. The highest BCUT2D eigenvalue weighted by molar-refractivity contribution is 7.80. The molecule has 0 amide bonds. The maximum absolute atomic E-state index is 6.08. The molecule has 0 radical (unpaired) electrons. The summed E-state index contributed by atoms with van der Waals surface area (Å²) < 4.78 is 12.2. The van der Waals surface area contributed by atoms with Crippen LogP contribution in [0.2, 0.25) is 0 Å². The quantitative estimate of drug-likeness (QED) is 0.608.